The van der Waals surface area contributed by atoms with E-state index in [2.05, 4.69) is 9.55 Å². The van der Waals surface area contributed by atoms with Gasteiger partial charge in [0, 0.05) is 44.1 Å². The molecule has 1 aromatic carbocycles. The molecule has 7 heteroatoms. The fourth-order valence-electron chi connectivity index (χ4n) is 3.25. The number of amides is 1. The van der Waals surface area contributed by atoms with Gasteiger partial charge in [-0.25, -0.2) is 4.98 Å². The zero-order valence-electron chi connectivity index (χ0n) is 13.5. The molecule has 1 unspecified atom stereocenters. The Morgan fingerprint density at radius 1 is 1.33 bits per heavy atom. The summed E-state index contributed by atoms with van der Waals surface area (Å²) in [6.45, 7) is 2.71. The van der Waals surface area contributed by atoms with Crippen LogP contribution in [-0.4, -0.2) is 47.4 Å². The van der Waals surface area contributed by atoms with Crippen LogP contribution in [-0.2, 0) is 17.8 Å². The second-order valence-electron chi connectivity index (χ2n) is 6.07. The molecule has 0 saturated carbocycles. The molecule has 7 nitrogen and oxygen atoms in total. The van der Waals surface area contributed by atoms with E-state index in [4.69, 9.17) is 14.2 Å². The summed E-state index contributed by atoms with van der Waals surface area (Å²) in [5.41, 5.74) is 0.593. The third-order valence-corrected chi connectivity index (χ3v) is 4.38. The molecule has 0 aliphatic carbocycles. The highest BCUT2D eigenvalue weighted by molar-refractivity contribution is 5.95. The van der Waals surface area contributed by atoms with Crippen molar-refractivity contribution in [2.24, 2.45) is 5.92 Å². The molecule has 0 fully saturated rings. The first kappa shape index (κ1) is 15.0. The van der Waals surface area contributed by atoms with Crippen molar-refractivity contribution in [2.45, 2.75) is 13.1 Å². The van der Waals surface area contributed by atoms with Crippen LogP contribution in [0.15, 0.2) is 30.6 Å². The molecule has 1 atom stereocenters. The maximum absolute atomic E-state index is 13.0. The second-order valence-corrected chi connectivity index (χ2v) is 6.07. The molecular formula is C17H19N3O4. The van der Waals surface area contributed by atoms with E-state index >= 15 is 0 Å². The fourth-order valence-corrected chi connectivity index (χ4v) is 3.25. The van der Waals surface area contributed by atoms with E-state index in [1.807, 2.05) is 11.1 Å². The van der Waals surface area contributed by atoms with Crippen LogP contribution in [0.2, 0.25) is 0 Å². The van der Waals surface area contributed by atoms with Gasteiger partial charge in [0.05, 0.1) is 13.2 Å². The van der Waals surface area contributed by atoms with Crippen LogP contribution in [0.5, 0.6) is 11.5 Å². The van der Waals surface area contributed by atoms with E-state index in [1.165, 1.54) is 0 Å². The Bertz CT molecular complexity index is 758. The lowest BCUT2D eigenvalue weighted by Gasteiger charge is -2.23. The average Bonchev–Trinajstić information content (AvgIpc) is 3.19. The van der Waals surface area contributed by atoms with Crippen LogP contribution in [0.4, 0.5) is 0 Å². The zero-order chi connectivity index (χ0) is 16.5. The number of methoxy groups -OCH3 is 1. The standard InChI is InChI=1S/C17H19N3O4/c1-22-10-12-7-19-5-4-18-16(19)9-20(8-12)17(21)13-2-3-14-15(6-13)24-11-23-14/h2-6,12H,7-11H2,1H3. The SMILES string of the molecule is COCC1CN(C(=O)c2ccc3c(c2)OCO3)Cc2nccn2C1. The summed E-state index contributed by atoms with van der Waals surface area (Å²) in [6.07, 6.45) is 3.72. The minimum Gasteiger partial charge on any atom is -0.454 e. The number of hydrogen-bond donors (Lipinski definition) is 0. The van der Waals surface area contributed by atoms with E-state index in [0.29, 0.717) is 36.8 Å². The summed E-state index contributed by atoms with van der Waals surface area (Å²) >= 11 is 0. The summed E-state index contributed by atoms with van der Waals surface area (Å²) in [5, 5.41) is 0. The molecule has 126 valence electrons. The number of benzene rings is 1. The minimum atomic E-state index is -0.0362. The van der Waals surface area contributed by atoms with Crippen molar-refractivity contribution >= 4 is 5.91 Å². The van der Waals surface area contributed by atoms with E-state index in [0.717, 1.165) is 12.4 Å². The van der Waals surface area contributed by atoms with Gasteiger partial charge in [-0.2, -0.15) is 0 Å². The van der Waals surface area contributed by atoms with E-state index in [9.17, 15) is 4.79 Å². The van der Waals surface area contributed by atoms with Crippen molar-refractivity contribution in [3.05, 3.63) is 42.0 Å². The zero-order valence-corrected chi connectivity index (χ0v) is 13.5. The predicted octanol–water partition coefficient (Wildman–Crippen LogP) is 1.53. The van der Waals surface area contributed by atoms with Crippen molar-refractivity contribution in [1.29, 1.82) is 0 Å². The van der Waals surface area contributed by atoms with Gasteiger partial charge in [0.25, 0.3) is 5.91 Å². The van der Waals surface area contributed by atoms with Gasteiger partial charge in [0.2, 0.25) is 6.79 Å². The molecule has 2 aromatic rings. The van der Waals surface area contributed by atoms with Crippen molar-refractivity contribution in [3.8, 4) is 11.5 Å². The van der Waals surface area contributed by atoms with Gasteiger partial charge in [0.15, 0.2) is 11.5 Å². The van der Waals surface area contributed by atoms with Crippen molar-refractivity contribution in [3.63, 3.8) is 0 Å². The number of aromatic nitrogens is 2. The van der Waals surface area contributed by atoms with E-state index in [-0.39, 0.29) is 18.6 Å². The molecule has 0 spiro atoms. The van der Waals surface area contributed by atoms with Gasteiger partial charge in [-0.05, 0) is 18.2 Å². The molecule has 0 bridgehead atoms. The van der Waals surface area contributed by atoms with Crippen LogP contribution in [0, 0.1) is 5.92 Å². The Labute approximate surface area is 139 Å². The molecule has 3 heterocycles. The largest absolute Gasteiger partial charge is 0.454 e. The fraction of sp³-hybridized carbons (Fsp3) is 0.412. The number of fused-ring (bicyclic) bond motifs is 2. The van der Waals surface area contributed by atoms with Gasteiger partial charge >= 0.3 is 0 Å². The summed E-state index contributed by atoms with van der Waals surface area (Å²) in [5.74, 6) is 2.37. The number of carbonyl (C=O) groups excluding carboxylic acids is 1. The monoisotopic (exact) mass is 329 g/mol. The molecular weight excluding hydrogens is 310 g/mol. The van der Waals surface area contributed by atoms with Gasteiger partial charge < -0.3 is 23.7 Å². The molecule has 0 radical (unpaired) electrons. The number of ether oxygens (including phenoxy) is 3. The Morgan fingerprint density at radius 2 is 2.21 bits per heavy atom. The van der Waals surface area contributed by atoms with Crippen LogP contribution in [0.25, 0.3) is 0 Å². The van der Waals surface area contributed by atoms with Crippen LogP contribution in [0.3, 0.4) is 0 Å². The van der Waals surface area contributed by atoms with Gasteiger partial charge in [-0.3, -0.25) is 4.79 Å². The first-order valence-corrected chi connectivity index (χ1v) is 7.92. The first-order chi connectivity index (χ1) is 11.7. The lowest BCUT2D eigenvalue weighted by molar-refractivity contribution is 0.0665. The van der Waals surface area contributed by atoms with Crippen LogP contribution >= 0.6 is 0 Å². The lowest BCUT2D eigenvalue weighted by Crippen LogP contribution is -2.35. The van der Waals surface area contributed by atoms with E-state index in [1.54, 1.807) is 31.5 Å². The minimum absolute atomic E-state index is 0.0362. The lowest BCUT2D eigenvalue weighted by atomic mass is 10.1. The Kier molecular flexibility index (Phi) is 3.86. The first-order valence-electron chi connectivity index (χ1n) is 7.92. The highest BCUT2D eigenvalue weighted by Crippen LogP contribution is 2.33. The molecule has 24 heavy (non-hydrogen) atoms. The number of imidazole rings is 1. The third-order valence-electron chi connectivity index (χ3n) is 4.38. The van der Waals surface area contributed by atoms with Gasteiger partial charge in [0.1, 0.15) is 5.82 Å². The molecule has 0 saturated heterocycles. The van der Waals surface area contributed by atoms with Crippen LogP contribution < -0.4 is 9.47 Å². The Balaban J connectivity index is 1.60. The normalized spacial score (nSPS) is 19.0. The number of nitrogens with zero attached hydrogens (tertiary/aromatic N) is 3. The third kappa shape index (κ3) is 2.71. The summed E-state index contributed by atoms with van der Waals surface area (Å²) < 4.78 is 18.1. The summed E-state index contributed by atoms with van der Waals surface area (Å²) in [7, 11) is 1.68. The summed E-state index contributed by atoms with van der Waals surface area (Å²) in [6, 6.07) is 5.30. The van der Waals surface area contributed by atoms with Crippen molar-refractivity contribution < 1.29 is 19.0 Å². The highest BCUT2D eigenvalue weighted by atomic mass is 16.7. The molecule has 1 amide bonds. The van der Waals surface area contributed by atoms with Crippen molar-refractivity contribution in [1.82, 2.24) is 14.5 Å². The number of hydrogen-bond acceptors (Lipinski definition) is 5. The molecule has 4 rings (SSSR count). The Morgan fingerprint density at radius 3 is 3.08 bits per heavy atom. The predicted molar refractivity (Wildman–Crippen MR) is 84.9 cm³/mol. The molecule has 2 aliphatic heterocycles. The molecule has 2 aliphatic rings. The van der Waals surface area contributed by atoms with E-state index < -0.39 is 0 Å². The topological polar surface area (TPSA) is 65.8 Å². The van der Waals surface area contributed by atoms with Crippen molar-refractivity contribution in [2.75, 3.05) is 27.1 Å². The maximum atomic E-state index is 13.0. The second kappa shape index (κ2) is 6.16. The number of carbonyl (C=O) groups is 1. The number of rotatable bonds is 3. The smallest absolute Gasteiger partial charge is 0.254 e. The quantitative estimate of drug-likeness (QED) is 0.854. The van der Waals surface area contributed by atoms with Gasteiger partial charge in [-0.1, -0.05) is 0 Å². The summed E-state index contributed by atoms with van der Waals surface area (Å²) in [4.78, 5) is 19.2. The maximum Gasteiger partial charge on any atom is 0.254 e. The Hall–Kier alpha value is -2.54. The molecule has 0 N–H and O–H groups in total. The molecule has 1 aromatic heterocycles. The van der Waals surface area contributed by atoms with Crippen LogP contribution in [0.1, 0.15) is 16.2 Å². The average molecular weight is 329 g/mol. The van der Waals surface area contributed by atoms with Gasteiger partial charge in [-0.15, -0.1) is 0 Å². The highest BCUT2D eigenvalue weighted by Gasteiger charge is 2.27.